The summed E-state index contributed by atoms with van der Waals surface area (Å²) in [7, 11) is 0. The third-order valence-corrected chi connectivity index (χ3v) is 4.43. The fourth-order valence-corrected chi connectivity index (χ4v) is 2.85. The molecule has 1 fully saturated rings. The van der Waals surface area contributed by atoms with Crippen LogP contribution in [0.4, 0.5) is 11.8 Å². The highest BCUT2D eigenvalue weighted by atomic mass is 15.1. The molecule has 3 aromatic rings. The van der Waals surface area contributed by atoms with Crippen molar-refractivity contribution in [3.63, 3.8) is 0 Å². The van der Waals surface area contributed by atoms with Gasteiger partial charge in [-0.2, -0.15) is 5.26 Å². The summed E-state index contributed by atoms with van der Waals surface area (Å²) in [4.78, 5) is 13.1. The van der Waals surface area contributed by atoms with Crippen LogP contribution in [-0.2, 0) is 6.54 Å². The number of aromatic nitrogens is 3. The molecule has 0 saturated heterocycles. The Hall–Kier alpha value is -3.46. The first kappa shape index (κ1) is 16.0. The molecule has 0 unspecified atom stereocenters. The van der Waals surface area contributed by atoms with Crippen molar-refractivity contribution in [3.05, 3.63) is 65.6 Å². The van der Waals surface area contributed by atoms with E-state index in [0.29, 0.717) is 24.0 Å². The van der Waals surface area contributed by atoms with Gasteiger partial charge in [0.05, 0.1) is 0 Å². The van der Waals surface area contributed by atoms with E-state index in [1.807, 2.05) is 36.4 Å². The predicted molar refractivity (Wildman–Crippen MR) is 100 cm³/mol. The summed E-state index contributed by atoms with van der Waals surface area (Å²) in [6.07, 6.45) is 5.67. The quantitative estimate of drug-likeness (QED) is 0.736. The number of hydrogen-bond acceptors (Lipinski definition) is 6. The van der Waals surface area contributed by atoms with Crippen molar-refractivity contribution in [1.29, 1.82) is 5.26 Å². The van der Waals surface area contributed by atoms with Gasteiger partial charge in [0.15, 0.2) is 0 Å². The van der Waals surface area contributed by atoms with E-state index in [0.717, 1.165) is 35.2 Å². The fraction of sp³-hybridized carbons (Fsp3) is 0.200. The lowest BCUT2D eigenvalue weighted by Crippen LogP contribution is -2.04. The van der Waals surface area contributed by atoms with Crippen LogP contribution in [0.5, 0.6) is 0 Å². The van der Waals surface area contributed by atoms with Crippen LogP contribution in [0.15, 0.2) is 48.8 Å². The van der Waals surface area contributed by atoms with Gasteiger partial charge < -0.3 is 11.1 Å². The van der Waals surface area contributed by atoms with Crippen molar-refractivity contribution in [2.45, 2.75) is 25.3 Å². The largest absolute Gasteiger partial charge is 0.383 e. The molecule has 1 aromatic carbocycles. The maximum Gasteiger partial charge on any atom is 0.222 e. The first-order valence-electron chi connectivity index (χ1n) is 8.55. The number of pyridine rings is 1. The van der Waals surface area contributed by atoms with Crippen LogP contribution in [-0.4, -0.2) is 15.0 Å². The normalized spacial score (nSPS) is 13.2. The Balaban J connectivity index is 1.58. The minimum atomic E-state index is 0.276. The molecule has 0 bridgehead atoms. The van der Waals surface area contributed by atoms with Crippen molar-refractivity contribution in [2.75, 3.05) is 11.1 Å². The molecule has 0 amide bonds. The Morgan fingerprint density at radius 2 is 1.88 bits per heavy atom. The second kappa shape index (κ2) is 6.81. The second-order valence-electron chi connectivity index (χ2n) is 6.38. The third-order valence-electron chi connectivity index (χ3n) is 4.43. The predicted octanol–water partition coefficient (Wildman–Crippen LogP) is 3.48. The van der Waals surface area contributed by atoms with E-state index in [1.54, 1.807) is 12.4 Å². The molecule has 0 atom stereocenters. The molecule has 3 N–H and O–H groups in total. The lowest BCUT2D eigenvalue weighted by atomic mass is 10.0. The molecule has 0 spiro atoms. The van der Waals surface area contributed by atoms with Gasteiger partial charge >= 0.3 is 0 Å². The van der Waals surface area contributed by atoms with Gasteiger partial charge in [0.1, 0.15) is 17.5 Å². The van der Waals surface area contributed by atoms with Crippen LogP contribution < -0.4 is 11.1 Å². The number of anilines is 2. The number of rotatable bonds is 5. The highest BCUT2D eigenvalue weighted by molar-refractivity contribution is 5.75. The molecule has 0 radical (unpaired) electrons. The van der Waals surface area contributed by atoms with Crippen molar-refractivity contribution < 1.29 is 0 Å². The van der Waals surface area contributed by atoms with E-state index in [1.165, 1.54) is 0 Å². The summed E-state index contributed by atoms with van der Waals surface area (Å²) in [5.74, 6) is 1.27. The van der Waals surface area contributed by atoms with E-state index in [4.69, 9.17) is 5.73 Å². The van der Waals surface area contributed by atoms with E-state index < -0.39 is 0 Å². The Labute approximate surface area is 151 Å². The first-order chi connectivity index (χ1) is 12.7. The zero-order valence-electron chi connectivity index (χ0n) is 14.2. The minimum Gasteiger partial charge on any atom is -0.383 e. The Morgan fingerprint density at radius 3 is 2.54 bits per heavy atom. The lowest BCUT2D eigenvalue weighted by Gasteiger charge is -2.10. The molecule has 1 saturated carbocycles. The number of nitriles is 1. The minimum absolute atomic E-state index is 0.276. The Bertz CT molecular complexity index is 956. The van der Waals surface area contributed by atoms with E-state index in [-0.39, 0.29) is 5.82 Å². The van der Waals surface area contributed by atoms with Crippen molar-refractivity contribution in [1.82, 2.24) is 15.0 Å². The molecular formula is C20H18N6. The van der Waals surface area contributed by atoms with Crippen LogP contribution in [0, 0.1) is 11.3 Å². The van der Waals surface area contributed by atoms with Crippen molar-refractivity contribution in [2.24, 2.45) is 0 Å². The van der Waals surface area contributed by atoms with Gasteiger partial charge in [-0.15, -0.1) is 0 Å². The monoisotopic (exact) mass is 342 g/mol. The fourth-order valence-electron chi connectivity index (χ4n) is 2.85. The lowest BCUT2D eigenvalue weighted by molar-refractivity contribution is 1.02. The van der Waals surface area contributed by atoms with Crippen LogP contribution in [0.2, 0.25) is 0 Å². The molecule has 2 aromatic heterocycles. The summed E-state index contributed by atoms with van der Waals surface area (Å²) >= 11 is 0. The Kier molecular flexibility index (Phi) is 4.20. The topological polar surface area (TPSA) is 101 Å². The van der Waals surface area contributed by atoms with Gasteiger partial charge in [-0.25, -0.2) is 15.0 Å². The summed E-state index contributed by atoms with van der Waals surface area (Å²) in [5.41, 5.74) is 9.98. The number of nitrogen functional groups attached to an aromatic ring is 1. The summed E-state index contributed by atoms with van der Waals surface area (Å²) in [5, 5.41) is 12.6. The Morgan fingerprint density at radius 1 is 1.15 bits per heavy atom. The maximum absolute atomic E-state index is 9.45. The number of benzene rings is 1. The highest BCUT2D eigenvalue weighted by Gasteiger charge is 2.27. The maximum atomic E-state index is 9.45. The molecule has 1 aliphatic carbocycles. The average molecular weight is 342 g/mol. The molecule has 1 aliphatic rings. The standard InChI is InChI=1S/C20H18N6/c21-9-17-16(8-18(14-6-7-14)26-19(17)22)15-11-24-20(25-12-15)23-10-13-4-2-1-3-5-13/h1-5,8,11-12,14H,6-7,10H2,(H2,22,26)(H,23,24,25). The van der Waals surface area contributed by atoms with Gasteiger partial charge in [-0.05, 0) is 24.5 Å². The van der Waals surface area contributed by atoms with Gasteiger partial charge in [-0.1, -0.05) is 30.3 Å². The van der Waals surface area contributed by atoms with Gasteiger partial charge in [0.2, 0.25) is 5.95 Å². The molecule has 26 heavy (non-hydrogen) atoms. The van der Waals surface area contributed by atoms with E-state index >= 15 is 0 Å². The number of hydrogen-bond donors (Lipinski definition) is 2. The van der Waals surface area contributed by atoms with Crippen LogP contribution in [0.3, 0.4) is 0 Å². The van der Waals surface area contributed by atoms with Crippen LogP contribution in [0.1, 0.15) is 35.6 Å². The summed E-state index contributed by atoms with van der Waals surface area (Å²) in [6, 6.07) is 14.2. The van der Waals surface area contributed by atoms with Gasteiger partial charge in [0, 0.05) is 41.7 Å². The second-order valence-corrected chi connectivity index (χ2v) is 6.38. The van der Waals surface area contributed by atoms with Crippen LogP contribution >= 0.6 is 0 Å². The van der Waals surface area contributed by atoms with Gasteiger partial charge in [-0.3, -0.25) is 0 Å². The zero-order chi connectivity index (χ0) is 17.9. The smallest absolute Gasteiger partial charge is 0.222 e. The number of nitrogens with two attached hydrogens (primary N) is 1. The zero-order valence-corrected chi connectivity index (χ0v) is 14.2. The first-order valence-corrected chi connectivity index (χ1v) is 8.55. The number of nitrogens with zero attached hydrogens (tertiary/aromatic N) is 4. The summed E-state index contributed by atoms with van der Waals surface area (Å²) < 4.78 is 0. The van der Waals surface area contributed by atoms with Crippen molar-refractivity contribution >= 4 is 11.8 Å². The van der Waals surface area contributed by atoms with E-state index in [9.17, 15) is 5.26 Å². The molecular weight excluding hydrogens is 324 g/mol. The van der Waals surface area contributed by atoms with Gasteiger partial charge in [0.25, 0.3) is 0 Å². The molecule has 2 heterocycles. The molecule has 128 valence electrons. The van der Waals surface area contributed by atoms with Crippen LogP contribution in [0.25, 0.3) is 11.1 Å². The molecule has 4 rings (SSSR count). The summed E-state index contributed by atoms with van der Waals surface area (Å²) in [6.45, 7) is 0.650. The van der Waals surface area contributed by atoms with E-state index in [2.05, 4.69) is 26.3 Å². The SMILES string of the molecule is N#Cc1c(-c2cnc(NCc3ccccc3)nc2)cc(C2CC2)nc1N. The molecule has 6 nitrogen and oxygen atoms in total. The highest BCUT2D eigenvalue weighted by Crippen LogP contribution is 2.41. The third kappa shape index (κ3) is 3.33. The molecule has 0 aliphatic heterocycles. The molecule has 6 heteroatoms. The van der Waals surface area contributed by atoms with Crippen molar-refractivity contribution in [3.8, 4) is 17.2 Å². The number of nitrogens with one attached hydrogen (secondary N) is 1. The average Bonchev–Trinajstić information content (AvgIpc) is 3.52.